The second kappa shape index (κ2) is 8.15. The number of rotatable bonds is 8. The lowest BCUT2D eigenvalue weighted by molar-refractivity contribution is -0.916. The molecule has 5 nitrogen and oxygen atoms in total. The van der Waals surface area contributed by atoms with E-state index in [2.05, 4.69) is 5.32 Å². The number of quaternary nitrogens is 1. The number of benzene rings is 2. The van der Waals surface area contributed by atoms with Gasteiger partial charge in [-0.1, -0.05) is 12.1 Å². The Balaban J connectivity index is 1.64. The summed E-state index contributed by atoms with van der Waals surface area (Å²) in [5, 5.41) is 2.91. The number of hydrogen-bond acceptors (Lipinski definition) is 3. The van der Waals surface area contributed by atoms with Gasteiger partial charge in [-0.05, 0) is 43.3 Å². The van der Waals surface area contributed by atoms with Gasteiger partial charge >= 0.3 is 0 Å². The molecule has 1 amide bonds. The second-order valence-corrected chi connectivity index (χ2v) is 6.78. The van der Waals surface area contributed by atoms with Crippen molar-refractivity contribution in [1.82, 2.24) is 0 Å². The summed E-state index contributed by atoms with van der Waals surface area (Å²) in [7, 11) is 1.65. The molecule has 1 unspecified atom stereocenters. The summed E-state index contributed by atoms with van der Waals surface area (Å²) in [6.45, 7) is 2.70. The van der Waals surface area contributed by atoms with Crippen molar-refractivity contribution in [1.29, 1.82) is 0 Å². The molecule has 0 spiro atoms. The van der Waals surface area contributed by atoms with Gasteiger partial charge < -0.3 is 15.0 Å². The van der Waals surface area contributed by atoms with Crippen molar-refractivity contribution in [2.24, 2.45) is 0 Å². The van der Waals surface area contributed by atoms with Crippen LogP contribution < -0.4 is 15.0 Å². The molecule has 0 radical (unpaired) electrons. The normalized spacial score (nSPS) is 14.5. The van der Waals surface area contributed by atoms with Crippen LogP contribution in [0.3, 0.4) is 0 Å². The zero-order chi connectivity index (χ0) is 18.5. The minimum Gasteiger partial charge on any atom is -0.497 e. The molecule has 0 saturated heterocycles. The molecule has 0 aromatic heterocycles. The number of amides is 1. The van der Waals surface area contributed by atoms with E-state index in [0.29, 0.717) is 23.8 Å². The summed E-state index contributed by atoms with van der Waals surface area (Å²) in [5.74, 6) is 0.722. The summed E-state index contributed by atoms with van der Waals surface area (Å²) < 4.78 is 5.20. The minimum absolute atomic E-state index is 0.0504. The second-order valence-electron chi connectivity index (χ2n) is 6.78. The Labute approximate surface area is 154 Å². The van der Waals surface area contributed by atoms with Crippen molar-refractivity contribution < 1.29 is 19.2 Å². The highest BCUT2D eigenvalue weighted by Gasteiger charge is 2.34. The number of para-hydroxylation sites is 1. The number of methoxy groups -OCH3 is 1. The highest BCUT2D eigenvalue weighted by Crippen LogP contribution is 2.18. The maximum Gasteiger partial charge on any atom is 0.279 e. The van der Waals surface area contributed by atoms with E-state index in [4.69, 9.17) is 4.74 Å². The molecular weight excluding hydrogens is 328 g/mol. The molecule has 0 heterocycles. The van der Waals surface area contributed by atoms with Gasteiger partial charge in [0.15, 0.2) is 12.3 Å². The van der Waals surface area contributed by atoms with Crippen molar-refractivity contribution in [3.63, 3.8) is 0 Å². The average Bonchev–Trinajstić information content (AvgIpc) is 3.47. The smallest absolute Gasteiger partial charge is 0.279 e. The predicted octanol–water partition coefficient (Wildman–Crippen LogP) is 2.08. The standard InChI is InChI=1S/C21H24N2O3/c1-15(24)19-5-3-4-6-20(19)22-21(25)14-23(17-9-10-17)13-16-7-11-18(26-2)12-8-16/h3-8,11-12,17H,9-10,13-14H2,1-2H3,(H,22,25)/p+1. The Kier molecular flexibility index (Phi) is 5.68. The molecule has 26 heavy (non-hydrogen) atoms. The molecule has 2 N–H and O–H groups in total. The fraction of sp³-hybridized carbons (Fsp3) is 0.333. The topological polar surface area (TPSA) is 59.8 Å². The SMILES string of the molecule is COc1ccc(C[NH+](CC(=O)Nc2ccccc2C(C)=O)C2CC2)cc1. The summed E-state index contributed by atoms with van der Waals surface area (Å²) in [6, 6.07) is 15.7. The number of hydrogen-bond donors (Lipinski definition) is 2. The first kappa shape index (κ1) is 18.1. The Hall–Kier alpha value is -2.66. The number of anilines is 1. The quantitative estimate of drug-likeness (QED) is 0.715. The fourth-order valence-electron chi connectivity index (χ4n) is 3.15. The fourth-order valence-corrected chi connectivity index (χ4v) is 3.15. The van der Waals surface area contributed by atoms with Gasteiger partial charge in [0.1, 0.15) is 12.3 Å². The molecule has 2 aromatic rings. The van der Waals surface area contributed by atoms with Gasteiger partial charge in [0, 0.05) is 24.0 Å². The third-order valence-corrected chi connectivity index (χ3v) is 4.71. The van der Waals surface area contributed by atoms with Crippen LogP contribution in [0.4, 0.5) is 5.69 Å². The third kappa shape index (κ3) is 4.70. The molecule has 0 bridgehead atoms. The van der Waals surface area contributed by atoms with Gasteiger partial charge in [0.25, 0.3) is 5.91 Å². The van der Waals surface area contributed by atoms with Crippen LogP contribution in [0.5, 0.6) is 5.75 Å². The first-order valence-electron chi connectivity index (χ1n) is 8.94. The Morgan fingerprint density at radius 3 is 2.42 bits per heavy atom. The van der Waals surface area contributed by atoms with Crippen LogP contribution in [0.25, 0.3) is 0 Å². The highest BCUT2D eigenvalue weighted by molar-refractivity contribution is 6.03. The maximum absolute atomic E-state index is 12.6. The van der Waals surface area contributed by atoms with E-state index < -0.39 is 0 Å². The van der Waals surface area contributed by atoms with Crippen molar-refractivity contribution >= 4 is 17.4 Å². The van der Waals surface area contributed by atoms with E-state index in [1.54, 1.807) is 25.3 Å². The lowest BCUT2D eigenvalue weighted by Crippen LogP contribution is -3.13. The first-order chi connectivity index (χ1) is 12.6. The molecule has 1 atom stereocenters. The molecule has 5 heteroatoms. The summed E-state index contributed by atoms with van der Waals surface area (Å²) in [4.78, 5) is 25.5. The zero-order valence-corrected chi connectivity index (χ0v) is 15.2. The molecule has 1 saturated carbocycles. The van der Waals surface area contributed by atoms with Gasteiger partial charge in [-0.2, -0.15) is 0 Å². The van der Waals surface area contributed by atoms with Crippen LogP contribution in [0.1, 0.15) is 35.7 Å². The molecule has 1 aliphatic carbocycles. The molecule has 2 aromatic carbocycles. The van der Waals surface area contributed by atoms with E-state index in [1.165, 1.54) is 17.4 Å². The molecular formula is C21H25N2O3+. The molecule has 1 aliphatic rings. The van der Waals surface area contributed by atoms with Crippen LogP contribution in [0, 0.1) is 0 Å². The van der Waals surface area contributed by atoms with Gasteiger partial charge in [0.05, 0.1) is 18.8 Å². The summed E-state index contributed by atoms with van der Waals surface area (Å²) in [6.07, 6.45) is 2.31. The van der Waals surface area contributed by atoms with E-state index in [9.17, 15) is 9.59 Å². The molecule has 1 fully saturated rings. The van der Waals surface area contributed by atoms with Crippen LogP contribution >= 0.6 is 0 Å². The number of ketones is 1. The van der Waals surface area contributed by atoms with Crippen molar-refractivity contribution in [2.75, 3.05) is 19.0 Å². The Morgan fingerprint density at radius 1 is 1.12 bits per heavy atom. The van der Waals surface area contributed by atoms with Gasteiger partial charge in [-0.25, -0.2) is 0 Å². The Bertz CT molecular complexity index is 782. The summed E-state index contributed by atoms with van der Waals surface area (Å²) >= 11 is 0. The highest BCUT2D eigenvalue weighted by atomic mass is 16.5. The zero-order valence-electron chi connectivity index (χ0n) is 15.2. The van der Waals surface area contributed by atoms with Crippen LogP contribution in [0.2, 0.25) is 0 Å². The predicted molar refractivity (Wildman–Crippen MR) is 101 cm³/mol. The molecule has 136 valence electrons. The molecule has 0 aliphatic heterocycles. The van der Waals surface area contributed by atoms with Gasteiger partial charge in [-0.3, -0.25) is 9.59 Å². The Morgan fingerprint density at radius 2 is 1.81 bits per heavy atom. The number of ether oxygens (including phenoxy) is 1. The average molecular weight is 353 g/mol. The van der Waals surface area contributed by atoms with Crippen LogP contribution in [0.15, 0.2) is 48.5 Å². The van der Waals surface area contributed by atoms with E-state index >= 15 is 0 Å². The third-order valence-electron chi connectivity index (χ3n) is 4.71. The maximum atomic E-state index is 12.6. The number of nitrogens with one attached hydrogen (secondary N) is 2. The van der Waals surface area contributed by atoms with Crippen LogP contribution in [-0.4, -0.2) is 31.4 Å². The van der Waals surface area contributed by atoms with Crippen molar-refractivity contribution in [3.05, 3.63) is 59.7 Å². The lowest BCUT2D eigenvalue weighted by Gasteiger charge is -2.19. The van der Waals surface area contributed by atoms with Crippen LogP contribution in [-0.2, 0) is 11.3 Å². The minimum atomic E-state index is -0.0610. The lowest BCUT2D eigenvalue weighted by atomic mass is 10.1. The molecule has 3 rings (SSSR count). The van der Waals surface area contributed by atoms with Gasteiger partial charge in [0.2, 0.25) is 0 Å². The van der Waals surface area contributed by atoms with E-state index in [-0.39, 0.29) is 11.7 Å². The van der Waals surface area contributed by atoms with E-state index in [0.717, 1.165) is 25.1 Å². The van der Waals surface area contributed by atoms with E-state index in [1.807, 2.05) is 30.3 Å². The summed E-state index contributed by atoms with van der Waals surface area (Å²) in [5.41, 5.74) is 2.32. The van der Waals surface area contributed by atoms with Crippen molar-refractivity contribution in [2.45, 2.75) is 32.4 Å². The monoisotopic (exact) mass is 353 g/mol. The number of carbonyl (C=O) groups is 2. The number of Topliss-reactive ketones (excluding diaryl/α,β-unsaturated/α-hetero) is 1. The van der Waals surface area contributed by atoms with Crippen molar-refractivity contribution in [3.8, 4) is 5.75 Å². The first-order valence-corrected chi connectivity index (χ1v) is 8.94. The van der Waals surface area contributed by atoms with Gasteiger partial charge in [-0.15, -0.1) is 0 Å². The number of carbonyl (C=O) groups excluding carboxylic acids is 2. The largest absolute Gasteiger partial charge is 0.497 e.